The molecular weight excluding hydrogens is 322 g/mol. The molecule has 0 unspecified atom stereocenters. The van der Waals surface area contributed by atoms with E-state index in [9.17, 15) is 16.8 Å². The van der Waals surface area contributed by atoms with Crippen molar-refractivity contribution in [2.24, 2.45) is 5.92 Å². The van der Waals surface area contributed by atoms with Gasteiger partial charge in [0.15, 0.2) is 0 Å². The van der Waals surface area contributed by atoms with Crippen molar-refractivity contribution in [3.8, 4) is 0 Å². The van der Waals surface area contributed by atoms with Crippen molar-refractivity contribution in [1.29, 1.82) is 0 Å². The SMILES string of the molecule is C=CS(=O)(=O)NC[C@H]1CCN(S(=O)(=O)c2nccs2)C1. The second-order valence-electron chi connectivity index (χ2n) is 4.38. The van der Waals surface area contributed by atoms with Crippen LogP contribution in [0.4, 0.5) is 0 Å². The number of hydrogen-bond donors (Lipinski definition) is 1. The lowest BCUT2D eigenvalue weighted by Crippen LogP contribution is -2.32. The summed E-state index contributed by atoms with van der Waals surface area (Å²) >= 11 is 1.07. The van der Waals surface area contributed by atoms with Crippen LogP contribution in [0.5, 0.6) is 0 Å². The average Bonchev–Trinajstić information content (AvgIpc) is 3.08. The summed E-state index contributed by atoms with van der Waals surface area (Å²) in [5.74, 6) is -0.0422. The van der Waals surface area contributed by atoms with Gasteiger partial charge in [-0.1, -0.05) is 6.58 Å². The van der Waals surface area contributed by atoms with Crippen LogP contribution < -0.4 is 4.72 Å². The number of sulfonamides is 2. The van der Waals surface area contributed by atoms with E-state index in [0.717, 1.165) is 16.7 Å². The zero-order valence-electron chi connectivity index (χ0n) is 10.6. The largest absolute Gasteiger partial charge is 0.270 e. The van der Waals surface area contributed by atoms with Gasteiger partial charge in [-0.2, -0.15) is 4.31 Å². The van der Waals surface area contributed by atoms with Crippen molar-refractivity contribution < 1.29 is 16.8 Å². The summed E-state index contributed by atoms with van der Waals surface area (Å²) in [6.07, 6.45) is 2.06. The van der Waals surface area contributed by atoms with Gasteiger partial charge in [-0.15, -0.1) is 11.3 Å². The molecule has 2 rings (SSSR count). The zero-order valence-corrected chi connectivity index (χ0v) is 13.0. The molecule has 1 fully saturated rings. The molecule has 0 radical (unpaired) electrons. The Morgan fingerprint density at radius 2 is 2.25 bits per heavy atom. The quantitative estimate of drug-likeness (QED) is 0.801. The molecule has 20 heavy (non-hydrogen) atoms. The third-order valence-corrected chi connectivity index (χ3v) is 7.06. The lowest BCUT2D eigenvalue weighted by atomic mass is 10.1. The molecule has 1 aliphatic rings. The van der Waals surface area contributed by atoms with Crippen LogP contribution in [-0.2, 0) is 20.0 Å². The second kappa shape index (κ2) is 5.90. The van der Waals surface area contributed by atoms with Crippen LogP contribution in [0.3, 0.4) is 0 Å². The average molecular weight is 337 g/mol. The molecule has 0 amide bonds. The standard InChI is InChI=1S/C10H15N3O4S3/c1-2-19(14,15)12-7-9-3-5-13(8-9)20(16,17)10-11-4-6-18-10/h2,4,6,9,12H,1,3,5,7-8H2/t9-/m1/s1. The Labute approximate surface area is 122 Å². The van der Waals surface area contributed by atoms with Crippen LogP contribution in [0.2, 0.25) is 0 Å². The fraction of sp³-hybridized carbons (Fsp3) is 0.500. The van der Waals surface area contributed by atoms with Gasteiger partial charge < -0.3 is 0 Å². The first kappa shape index (κ1) is 15.6. The maximum atomic E-state index is 12.2. The molecule has 0 aromatic carbocycles. The summed E-state index contributed by atoms with van der Waals surface area (Å²) in [6.45, 7) is 4.08. The minimum Gasteiger partial charge on any atom is -0.233 e. The molecule has 10 heteroatoms. The molecule has 112 valence electrons. The maximum Gasteiger partial charge on any atom is 0.270 e. The summed E-state index contributed by atoms with van der Waals surface area (Å²) in [4.78, 5) is 3.82. The van der Waals surface area contributed by atoms with Gasteiger partial charge in [0.05, 0.1) is 0 Å². The van der Waals surface area contributed by atoms with Gasteiger partial charge in [0.1, 0.15) is 0 Å². The molecule has 1 aromatic heterocycles. The molecule has 1 aliphatic heterocycles. The van der Waals surface area contributed by atoms with Gasteiger partial charge in [0.25, 0.3) is 10.0 Å². The third-order valence-electron chi connectivity index (χ3n) is 3.01. The Morgan fingerprint density at radius 3 is 2.85 bits per heavy atom. The topological polar surface area (TPSA) is 96.4 Å². The Morgan fingerprint density at radius 1 is 1.50 bits per heavy atom. The number of nitrogens with zero attached hydrogens (tertiary/aromatic N) is 2. The van der Waals surface area contributed by atoms with E-state index in [1.807, 2.05) is 0 Å². The number of hydrogen-bond acceptors (Lipinski definition) is 6. The van der Waals surface area contributed by atoms with Gasteiger partial charge >= 0.3 is 0 Å². The summed E-state index contributed by atoms with van der Waals surface area (Å²) < 4.78 is 50.7. The first-order valence-electron chi connectivity index (χ1n) is 5.87. The highest BCUT2D eigenvalue weighted by Gasteiger charge is 2.34. The lowest BCUT2D eigenvalue weighted by Gasteiger charge is -2.14. The van der Waals surface area contributed by atoms with E-state index in [1.54, 1.807) is 5.38 Å². The van der Waals surface area contributed by atoms with Crippen LogP contribution in [0.15, 0.2) is 27.9 Å². The van der Waals surface area contributed by atoms with E-state index in [0.29, 0.717) is 19.5 Å². The molecule has 2 heterocycles. The maximum absolute atomic E-state index is 12.2. The molecule has 7 nitrogen and oxygen atoms in total. The summed E-state index contributed by atoms with van der Waals surface area (Å²) in [5, 5.41) is 2.45. The van der Waals surface area contributed by atoms with E-state index in [2.05, 4.69) is 16.3 Å². The molecule has 0 aliphatic carbocycles. The number of rotatable bonds is 6. The summed E-state index contributed by atoms with van der Waals surface area (Å²) in [5.41, 5.74) is 0. The monoisotopic (exact) mass is 337 g/mol. The number of aromatic nitrogens is 1. The van der Waals surface area contributed by atoms with Crippen molar-refractivity contribution in [3.63, 3.8) is 0 Å². The fourth-order valence-electron chi connectivity index (χ4n) is 1.92. The Kier molecular flexibility index (Phi) is 4.59. The van der Waals surface area contributed by atoms with Crippen molar-refractivity contribution in [1.82, 2.24) is 14.0 Å². The van der Waals surface area contributed by atoms with Gasteiger partial charge in [0.2, 0.25) is 14.4 Å². The molecule has 1 saturated heterocycles. The van der Waals surface area contributed by atoms with Crippen molar-refractivity contribution in [3.05, 3.63) is 23.6 Å². The Balaban J connectivity index is 1.98. The molecule has 0 bridgehead atoms. The molecular formula is C10H15N3O4S3. The van der Waals surface area contributed by atoms with Crippen LogP contribution in [-0.4, -0.2) is 45.8 Å². The van der Waals surface area contributed by atoms with Crippen LogP contribution in [0.1, 0.15) is 6.42 Å². The van der Waals surface area contributed by atoms with Gasteiger partial charge in [-0.3, -0.25) is 0 Å². The van der Waals surface area contributed by atoms with E-state index < -0.39 is 20.0 Å². The molecule has 1 atom stereocenters. The van der Waals surface area contributed by atoms with Crippen molar-refractivity contribution >= 4 is 31.4 Å². The minimum absolute atomic E-state index is 0.0422. The normalized spacial score (nSPS) is 21.1. The zero-order chi connectivity index (χ0) is 14.8. The Hall–Kier alpha value is -0.810. The number of nitrogens with one attached hydrogen (secondary N) is 1. The smallest absolute Gasteiger partial charge is 0.233 e. The van der Waals surface area contributed by atoms with Crippen molar-refractivity contribution in [2.75, 3.05) is 19.6 Å². The fourth-order valence-corrected chi connectivity index (χ4v) is 5.01. The summed E-state index contributed by atoms with van der Waals surface area (Å²) in [7, 11) is -7.01. The molecule has 0 saturated carbocycles. The van der Waals surface area contributed by atoms with Gasteiger partial charge in [0, 0.05) is 36.6 Å². The predicted octanol–water partition coefficient (Wildman–Crippen LogP) is 0.217. The highest BCUT2D eigenvalue weighted by molar-refractivity contribution is 7.92. The lowest BCUT2D eigenvalue weighted by molar-refractivity contribution is 0.454. The molecule has 0 spiro atoms. The first-order valence-corrected chi connectivity index (χ1v) is 9.73. The first-order chi connectivity index (χ1) is 9.35. The van der Waals surface area contributed by atoms with E-state index in [-0.39, 0.29) is 16.8 Å². The third kappa shape index (κ3) is 3.44. The number of thiazole rings is 1. The van der Waals surface area contributed by atoms with E-state index >= 15 is 0 Å². The van der Waals surface area contributed by atoms with Crippen LogP contribution in [0, 0.1) is 5.92 Å². The van der Waals surface area contributed by atoms with Crippen LogP contribution in [0.25, 0.3) is 0 Å². The van der Waals surface area contributed by atoms with Gasteiger partial charge in [-0.05, 0) is 12.3 Å². The van der Waals surface area contributed by atoms with E-state index in [4.69, 9.17) is 0 Å². The Bertz CT molecular complexity index is 667. The predicted molar refractivity (Wildman–Crippen MR) is 76.1 cm³/mol. The second-order valence-corrected chi connectivity index (χ2v) is 9.09. The minimum atomic E-state index is -3.54. The molecule has 1 N–H and O–H groups in total. The van der Waals surface area contributed by atoms with E-state index in [1.165, 1.54) is 10.5 Å². The highest BCUT2D eigenvalue weighted by atomic mass is 32.2. The highest BCUT2D eigenvalue weighted by Crippen LogP contribution is 2.25. The van der Waals surface area contributed by atoms with Crippen molar-refractivity contribution in [2.45, 2.75) is 10.8 Å². The van der Waals surface area contributed by atoms with Crippen LogP contribution >= 0.6 is 11.3 Å². The summed E-state index contributed by atoms with van der Waals surface area (Å²) in [6, 6.07) is 0. The molecule has 1 aromatic rings. The van der Waals surface area contributed by atoms with Gasteiger partial charge in [-0.25, -0.2) is 26.5 Å².